The van der Waals surface area contributed by atoms with Gasteiger partial charge in [0.05, 0.1) is 21.0 Å². The van der Waals surface area contributed by atoms with Crippen molar-refractivity contribution in [2.75, 3.05) is 0 Å². The van der Waals surface area contributed by atoms with Gasteiger partial charge in [-0.25, -0.2) is 4.98 Å². The van der Waals surface area contributed by atoms with Crippen molar-refractivity contribution in [1.82, 2.24) is 9.55 Å². The predicted octanol–water partition coefficient (Wildman–Crippen LogP) is 3.07. The van der Waals surface area contributed by atoms with Crippen LogP contribution in [0.5, 0.6) is 0 Å². The summed E-state index contributed by atoms with van der Waals surface area (Å²) in [6.45, 7) is 2.56. The highest BCUT2D eigenvalue weighted by Crippen LogP contribution is 2.25. The van der Waals surface area contributed by atoms with Gasteiger partial charge in [0, 0.05) is 12.6 Å². The molecule has 0 spiro atoms. The molecular formula is C20H15N3O2S2. The lowest BCUT2D eigenvalue weighted by Crippen LogP contribution is -2.32. The lowest BCUT2D eigenvalue weighted by Gasteiger charge is -1.99. The molecule has 0 N–H and O–H groups in total. The highest BCUT2D eigenvalue weighted by Gasteiger charge is 2.14. The summed E-state index contributed by atoms with van der Waals surface area (Å²) >= 11 is 2.77. The van der Waals surface area contributed by atoms with Crippen LogP contribution in [0.4, 0.5) is 0 Å². The van der Waals surface area contributed by atoms with Gasteiger partial charge >= 0.3 is 0 Å². The minimum atomic E-state index is -0.109. The van der Waals surface area contributed by atoms with Gasteiger partial charge in [0.15, 0.2) is 0 Å². The van der Waals surface area contributed by atoms with Crippen molar-refractivity contribution in [2.24, 2.45) is 0 Å². The van der Waals surface area contributed by atoms with Crippen LogP contribution in [0, 0.1) is 11.3 Å². The fourth-order valence-corrected chi connectivity index (χ4v) is 4.94. The molecule has 1 aromatic carbocycles. The van der Waals surface area contributed by atoms with Crippen LogP contribution >= 0.6 is 22.7 Å². The van der Waals surface area contributed by atoms with Crippen LogP contribution in [0.25, 0.3) is 21.9 Å². The normalized spacial score (nSPS) is 13.1. The van der Waals surface area contributed by atoms with E-state index in [1.807, 2.05) is 31.2 Å². The number of nitrogens with zero attached hydrogens (tertiary/aromatic N) is 3. The maximum atomic E-state index is 12.9. The van der Waals surface area contributed by atoms with E-state index in [0.717, 1.165) is 16.6 Å². The quantitative estimate of drug-likeness (QED) is 0.534. The molecule has 0 bridgehead atoms. The van der Waals surface area contributed by atoms with Crippen LogP contribution in [0.3, 0.4) is 0 Å². The zero-order chi connectivity index (χ0) is 18.8. The minimum Gasteiger partial charge on any atom is -0.465 e. The number of fused-ring (bicyclic) bond motifs is 1. The second-order valence-electron chi connectivity index (χ2n) is 5.86. The zero-order valence-electron chi connectivity index (χ0n) is 14.5. The highest BCUT2D eigenvalue weighted by atomic mass is 32.1. The van der Waals surface area contributed by atoms with Crippen LogP contribution in [-0.4, -0.2) is 9.55 Å². The average molecular weight is 393 g/mol. The number of thiazole rings is 2. The fraction of sp³-hybridized carbons (Fsp3) is 0.150. The Morgan fingerprint density at radius 3 is 2.85 bits per heavy atom. The molecule has 4 aromatic rings. The standard InChI is InChI=1S/C20H15N3O2S2/c1-2-9-23-19(24)17(11-13-6-5-10-25-13)27-20(23)14(12-21)18-22-15-7-3-4-8-16(15)26-18/h3-8,10-11H,2,9H2,1H3. The van der Waals surface area contributed by atoms with Crippen molar-refractivity contribution in [3.05, 3.63) is 73.0 Å². The van der Waals surface area contributed by atoms with E-state index in [9.17, 15) is 10.1 Å². The van der Waals surface area contributed by atoms with E-state index in [4.69, 9.17) is 4.42 Å². The van der Waals surface area contributed by atoms with Gasteiger partial charge in [-0.3, -0.25) is 9.36 Å². The third-order valence-electron chi connectivity index (χ3n) is 4.00. The van der Waals surface area contributed by atoms with Gasteiger partial charge in [0.2, 0.25) is 0 Å². The van der Waals surface area contributed by atoms with Gasteiger partial charge in [-0.2, -0.15) is 5.26 Å². The second-order valence-corrected chi connectivity index (χ2v) is 7.92. The molecule has 0 saturated carbocycles. The molecule has 4 rings (SSSR count). The third-order valence-corrected chi connectivity index (χ3v) is 6.19. The number of hydrogen-bond acceptors (Lipinski definition) is 6. The predicted molar refractivity (Wildman–Crippen MR) is 108 cm³/mol. The van der Waals surface area contributed by atoms with Crippen molar-refractivity contribution in [3.63, 3.8) is 0 Å². The Labute approximate surface area is 162 Å². The highest BCUT2D eigenvalue weighted by molar-refractivity contribution is 7.19. The second kappa shape index (κ2) is 7.35. The van der Waals surface area contributed by atoms with Crippen LogP contribution < -0.4 is 14.8 Å². The van der Waals surface area contributed by atoms with E-state index in [1.165, 1.54) is 22.7 Å². The van der Waals surface area contributed by atoms with Crippen molar-refractivity contribution < 1.29 is 4.42 Å². The van der Waals surface area contributed by atoms with E-state index in [0.29, 0.717) is 32.1 Å². The summed E-state index contributed by atoms with van der Waals surface area (Å²) in [5, 5.41) is 10.5. The molecule has 0 unspecified atom stereocenters. The molecule has 3 heterocycles. The molecule has 27 heavy (non-hydrogen) atoms. The topological polar surface area (TPSA) is 71.8 Å². The summed E-state index contributed by atoms with van der Waals surface area (Å²) < 4.78 is 9.21. The van der Waals surface area contributed by atoms with Gasteiger partial charge in [-0.1, -0.05) is 19.1 Å². The number of furan rings is 1. The number of hydrogen-bond donors (Lipinski definition) is 0. The summed E-state index contributed by atoms with van der Waals surface area (Å²) in [6, 6.07) is 13.6. The van der Waals surface area contributed by atoms with Gasteiger partial charge < -0.3 is 4.42 Å². The average Bonchev–Trinajstić information content (AvgIpc) is 3.39. The number of para-hydroxylation sites is 1. The van der Waals surface area contributed by atoms with Crippen molar-refractivity contribution in [2.45, 2.75) is 19.9 Å². The lowest BCUT2D eigenvalue weighted by molar-refractivity contribution is 0.556. The number of benzene rings is 1. The summed E-state index contributed by atoms with van der Waals surface area (Å²) in [5.41, 5.74) is 1.18. The lowest BCUT2D eigenvalue weighted by atomic mass is 10.3. The largest absolute Gasteiger partial charge is 0.465 e. The Kier molecular flexibility index (Phi) is 4.75. The fourth-order valence-electron chi connectivity index (χ4n) is 2.80. The Morgan fingerprint density at radius 2 is 2.15 bits per heavy atom. The molecular weight excluding hydrogens is 378 g/mol. The van der Waals surface area contributed by atoms with Crippen molar-refractivity contribution >= 4 is 44.5 Å². The van der Waals surface area contributed by atoms with E-state index < -0.39 is 0 Å². The van der Waals surface area contributed by atoms with E-state index >= 15 is 0 Å². The SMILES string of the molecule is CCCn1c(=C(C#N)c2nc3ccccc3s2)sc(=Cc2ccco2)c1=O. The molecule has 5 nitrogen and oxygen atoms in total. The molecule has 134 valence electrons. The maximum Gasteiger partial charge on any atom is 0.269 e. The molecule has 3 aromatic heterocycles. The molecule has 0 aliphatic rings. The molecule has 0 aliphatic carbocycles. The molecule has 0 fully saturated rings. The molecule has 0 radical (unpaired) electrons. The van der Waals surface area contributed by atoms with Crippen molar-refractivity contribution in [1.29, 1.82) is 5.26 Å². The monoisotopic (exact) mass is 393 g/mol. The minimum absolute atomic E-state index is 0.109. The third kappa shape index (κ3) is 3.25. The molecule has 0 aliphatic heterocycles. The first-order chi connectivity index (χ1) is 13.2. The Hall–Kier alpha value is -2.95. The first kappa shape index (κ1) is 17.5. The Balaban J connectivity index is 2.02. The van der Waals surface area contributed by atoms with E-state index in [-0.39, 0.29) is 5.56 Å². The number of nitriles is 1. The Bertz CT molecular complexity index is 1290. The van der Waals surface area contributed by atoms with E-state index in [1.54, 1.807) is 29.0 Å². The molecule has 0 amide bonds. The first-order valence-electron chi connectivity index (χ1n) is 8.46. The molecule has 7 heteroatoms. The number of rotatable bonds is 4. The summed E-state index contributed by atoms with van der Waals surface area (Å²) in [5.74, 6) is 0.613. The summed E-state index contributed by atoms with van der Waals surface area (Å²) in [6.07, 6.45) is 4.08. The van der Waals surface area contributed by atoms with Gasteiger partial charge in [0.1, 0.15) is 27.1 Å². The van der Waals surface area contributed by atoms with Crippen LogP contribution in [0.2, 0.25) is 0 Å². The molecule has 0 atom stereocenters. The Morgan fingerprint density at radius 1 is 1.30 bits per heavy atom. The zero-order valence-corrected chi connectivity index (χ0v) is 16.1. The van der Waals surface area contributed by atoms with Gasteiger partial charge in [-0.05, 0) is 30.7 Å². The first-order valence-corrected chi connectivity index (χ1v) is 10.1. The smallest absolute Gasteiger partial charge is 0.269 e. The number of aromatic nitrogens is 2. The van der Waals surface area contributed by atoms with Crippen molar-refractivity contribution in [3.8, 4) is 6.07 Å². The van der Waals surface area contributed by atoms with Crippen LogP contribution in [-0.2, 0) is 6.54 Å². The van der Waals surface area contributed by atoms with Gasteiger partial charge in [0.25, 0.3) is 5.56 Å². The van der Waals surface area contributed by atoms with Gasteiger partial charge in [-0.15, -0.1) is 22.7 Å². The summed E-state index contributed by atoms with van der Waals surface area (Å²) in [7, 11) is 0. The molecule has 0 saturated heterocycles. The van der Waals surface area contributed by atoms with Crippen LogP contribution in [0.15, 0.2) is 51.9 Å². The summed E-state index contributed by atoms with van der Waals surface area (Å²) in [4.78, 5) is 17.5. The van der Waals surface area contributed by atoms with E-state index in [2.05, 4.69) is 11.1 Å². The maximum absolute atomic E-state index is 12.9. The van der Waals surface area contributed by atoms with Crippen LogP contribution in [0.1, 0.15) is 24.1 Å².